The summed E-state index contributed by atoms with van der Waals surface area (Å²) in [5.74, 6) is 1.99. The van der Waals surface area contributed by atoms with Crippen LogP contribution in [0.1, 0.15) is 32.1 Å². The second-order valence-electron chi connectivity index (χ2n) is 6.83. The largest absolute Gasteiger partial charge is 0.298 e. The Kier molecular flexibility index (Phi) is 3.12. The smallest absolute Gasteiger partial charge is 0.146 e. The molecule has 0 spiro atoms. The molecule has 2 bridgehead atoms. The Hall–Kier alpha value is -1.37. The quantitative estimate of drug-likeness (QED) is 0.649. The fourth-order valence-corrected chi connectivity index (χ4v) is 5.36. The van der Waals surface area contributed by atoms with Crippen LogP contribution in [0.5, 0.6) is 0 Å². The molecule has 1 nitrogen and oxygen atoms in total. The molecule has 0 saturated heterocycles. The lowest BCUT2D eigenvalue weighted by Crippen LogP contribution is -2.40. The number of fused-ring (bicyclic) bond motifs is 5. The predicted molar refractivity (Wildman–Crippen MR) is 83.2 cm³/mol. The zero-order chi connectivity index (χ0) is 14.4. The SMILES string of the molecule is C=CCC1(CC=C)C[C@@H]2C3C=CC(C3)[C@]2(CC=C)C1=O. The van der Waals surface area contributed by atoms with Gasteiger partial charge in [0, 0.05) is 10.8 Å². The molecule has 2 saturated carbocycles. The number of allylic oxidation sites excluding steroid dienone is 5. The molecule has 0 aromatic carbocycles. The normalized spacial score (nSPS) is 39.8. The van der Waals surface area contributed by atoms with E-state index in [4.69, 9.17) is 0 Å². The fraction of sp³-hybridized carbons (Fsp3) is 0.526. The van der Waals surface area contributed by atoms with Gasteiger partial charge >= 0.3 is 0 Å². The van der Waals surface area contributed by atoms with Crippen molar-refractivity contribution in [3.63, 3.8) is 0 Å². The first-order valence-electron chi connectivity index (χ1n) is 7.70. The van der Waals surface area contributed by atoms with Gasteiger partial charge in [-0.15, -0.1) is 19.7 Å². The Bertz CT molecular complexity index is 488. The molecular weight excluding hydrogens is 244 g/mol. The molecule has 0 amide bonds. The van der Waals surface area contributed by atoms with Crippen molar-refractivity contribution < 1.29 is 4.79 Å². The maximum atomic E-state index is 13.4. The van der Waals surface area contributed by atoms with Crippen LogP contribution in [0, 0.1) is 28.6 Å². The van der Waals surface area contributed by atoms with Gasteiger partial charge in [0.1, 0.15) is 5.78 Å². The monoisotopic (exact) mass is 268 g/mol. The minimum absolute atomic E-state index is 0.173. The van der Waals surface area contributed by atoms with Gasteiger partial charge in [-0.25, -0.2) is 0 Å². The van der Waals surface area contributed by atoms with E-state index in [0.717, 1.165) is 25.7 Å². The third-order valence-corrected chi connectivity index (χ3v) is 6.02. The number of hydrogen-bond acceptors (Lipinski definition) is 1. The van der Waals surface area contributed by atoms with E-state index >= 15 is 0 Å². The zero-order valence-corrected chi connectivity index (χ0v) is 12.2. The maximum absolute atomic E-state index is 13.4. The van der Waals surface area contributed by atoms with E-state index in [1.165, 1.54) is 6.42 Å². The molecule has 3 aliphatic rings. The highest BCUT2D eigenvalue weighted by Crippen LogP contribution is 2.69. The first-order valence-corrected chi connectivity index (χ1v) is 7.70. The van der Waals surface area contributed by atoms with Gasteiger partial charge in [-0.05, 0) is 49.9 Å². The van der Waals surface area contributed by atoms with Crippen LogP contribution in [0.15, 0.2) is 50.1 Å². The van der Waals surface area contributed by atoms with Crippen molar-refractivity contribution in [2.75, 3.05) is 0 Å². The van der Waals surface area contributed by atoms with E-state index in [2.05, 4.69) is 31.9 Å². The average molecular weight is 268 g/mol. The molecule has 0 N–H and O–H groups in total. The number of carbonyl (C=O) groups excluding carboxylic acids is 1. The van der Waals surface area contributed by atoms with Crippen LogP contribution < -0.4 is 0 Å². The fourth-order valence-electron chi connectivity index (χ4n) is 5.36. The lowest BCUT2D eigenvalue weighted by Gasteiger charge is -2.35. The van der Waals surface area contributed by atoms with Crippen LogP contribution in [-0.2, 0) is 4.79 Å². The maximum Gasteiger partial charge on any atom is 0.146 e. The van der Waals surface area contributed by atoms with Gasteiger partial charge in [-0.2, -0.15) is 0 Å². The van der Waals surface area contributed by atoms with Crippen molar-refractivity contribution >= 4 is 5.78 Å². The first-order chi connectivity index (χ1) is 9.64. The molecule has 2 unspecified atom stereocenters. The molecule has 0 aromatic heterocycles. The van der Waals surface area contributed by atoms with Crippen molar-refractivity contribution in [3.05, 3.63) is 50.1 Å². The molecule has 0 aromatic rings. The topological polar surface area (TPSA) is 17.1 Å². The van der Waals surface area contributed by atoms with Crippen LogP contribution in [0.4, 0.5) is 0 Å². The molecule has 0 heterocycles. The third-order valence-electron chi connectivity index (χ3n) is 6.02. The first kappa shape index (κ1) is 13.6. The Balaban J connectivity index is 2.06. The molecule has 0 aliphatic heterocycles. The van der Waals surface area contributed by atoms with Crippen LogP contribution in [0.3, 0.4) is 0 Å². The minimum atomic E-state index is -0.250. The van der Waals surface area contributed by atoms with Crippen molar-refractivity contribution in [1.82, 2.24) is 0 Å². The Morgan fingerprint density at radius 2 is 1.75 bits per heavy atom. The summed E-state index contributed by atoms with van der Waals surface area (Å²) in [6.07, 6.45) is 15.0. The van der Waals surface area contributed by atoms with Crippen molar-refractivity contribution in [3.8, 4) is 0 Å². The van der Waals surface area contributed by atoms with E-state index in [1.807, 2.05) is 18.2 Å². The Morgan fingerprint density at radius 3 is 2.35 bits per heavy atom. The van der Waals surface area contributed by atoms with E-state index in [0.29, 0.717) is 23.5 Å². The summed E-state index contributed by atoms with van der Waals surface area (Å²) in [5, 5.41) is 0. The zero-order valence-electron chi connectivity index (χ0n) is 12.2. The summed E-state index contributed by atoms with van der Waals surface area (Å²) in [6, 6.07) is 0. The van der Waals surface area contributed by atoms with E-state index in [-0.39, 0.29) is 10.8 Å². The van der Waals surface area contributed by atoms with Crippen molar-refractivity contribution in [2.45, 2.75) is 32.1 Å². The van der Waals surface area contributed by atoms with Crippen LogP contribution in [-0.4, -0.2) is 5.78 Å². The lowest BCUT2D eigenvalue weighted by molar-refractivity contribution is -0.135. The Labute approximate surface area is 122 Å². The molecule has 3 aliphatic carbocycles. The van der Waals surface area contributed by atoms with Gasteiger partial charge in [0.05, 0.1) is 0 Å². The molecule has 0 radical (unpaired) electrons. The van der Waals surface area contributed by atoms with Gasteiger partial charge < -0.3 is 0 Å². The summed E-state index contributed by atoms with van der Waals surface area (Å²) in [6.45, 7) is 11.7. The molecular formula is C19H24O. The molecule has 106 valence electrons. The summed E-state index contributed by atoms with van der Waals surface area (Å²) in [5.41, 5.74) is -0.423. The number of carbonyl (C=O) groups is 1. The summed E-state index contributed by atoms with van der Waals surface area (Å²) < 4.78 is 0. The molecule has 4 atom stereocenters. The molecule has 2 fully saturated rings. The van der Waals surface area contributed by atoms with E-state index in [9.17, 15) is 4.79 Å². The predicted octanol–water partition coefficient (Wildman–Crippen LogP) is 4.48. The number of hydrogen-bond donors (Lipinski definition) is 0. The number of ketones is 1. The van der Waals surface area contributed by atoms with Crippen molar-refractivity contribution in [1.29, 1.82) is 0 Å². The average Bonchev–Trinajstić information content (AvgIpc) is 3.06. The van der Waals surface area contributed by atoms with Gasteiger partial charge in [0.2, 0.25) is 0 Å². The molecule has 20 heavy (non-hydrogen) atoms. The van der Waals surface area contributed by atoms with Gasteiger partial charge in [-0.1, -0.05) is 30.4 Å². The van der Waals surface area contributed by atoms with E-state index < -0.39 is 0 Å². The van der Waals surface area contributed by atoms with Gasteiger partial charge in [-0.3, -0.25) is 4.79 Å². The summed E-state index contributed by atoms with van der Waals surface area (Å²) in [4.78, 5) is 13.4. The summed E-state index contributed by atoms with van der Waals surface area (Å²) >= 11 is 0. The van der Waals surface area contributed by atoms with Crippen LogP contribution in [0.25, 0.3) is 0 Å². The van der Waals surface area contributed by atoms with Gasteiger partial charge in [0.25, 0.3) is 0 Å². The highest BCUT2D eigenvalue weighted by Gasteiger charge is 2.68. The number of rotatable bonds is 6. The Morgan fingerprint density at radius 1 is 1.10 bits per heavy atom. The second kappa shape index (κ2) is 4.58. The third kappa shape index (κ3) is 1.47. The standard InChI is InChI=1S/C19H24O/c1-4-9-18(10-5-2)13-16-14-7-8-15(12-14)19(16,11-6-3)17(18)20/h4-8,14-16H,1-3,9-13H2/t14?,15?,16-,19+/m1/s1. The highest BCUT2D eigenvalue weighted by atomic mass is 16.1. The number of Topliss-reactive ketones (excluding diaryl/α,β-unsaturated/α-hetero) is 1. The van der Waals surface area contributed by atoms with Crippen LogP contribution in [0.2, 0.25) is 0 Å². The highest BCUT2D eigenvalue weighted by molar-refractivity contribution is 5.95. The van der Waals surface area contributed by atoms with E-state index in [1.54, 1.807) is 0 Å². The van der Waals surface area contributed by atoms with Crippen LogP contribution >= 0.6 is 0 Å². The second-order valence-corrected chi connectivity index (χ2v) is 6.83. The molecule has 1 heteroatoms. The summed E-state index contributed by atoms with van der Waals surface area (Å²) in [7, 11) is 0. The van der Waals surface area contributed by atoms with Gasteiger partial charge in [0.15, 0.2) is 0 Å². The minimum Gasteiger partial charge on any atom is -0.298 e. The molecule has 3 rings (SSSR count). The van der Waals surface area contributed by atoms with Crippen molar-refractivity contribution in [2.24, 2.45) is 28.6 Å². The lowest BCUT2D eigenvalue weighted by atomic mass is 9.66.